The number of nitrogens with one attached hydrogen (secondary N) is 2. The van der Waals surface area contributed by atoms with Crippen molar-refractivity contribution < 1.29 is 32.6 Å². The zero-order chi connectivity index (χ0) is 29.0. The van der Waals surface area contributed by atoms with Crippen LogP contribution in [0.1, 0.15) is 49.2 Å². The summed E-state index contributed by atoms with van der Waals surface area (Å²) in [5, 5.41) is 11.9. The number of ether oxygens (including phenoxy) is 2. The Morgan fingerprint density at radius 2 is 1.67 bits per heavy atom. The fourth-order valence-electron chi connectivity index (χ4n) is 3.64. The molecule has 39 heavy (non-hydrogen) atoms. The number of rotatable bonds is 9. The Hall–Kier alpha value is -4.19. The first kappa shape index (κ1) is 29.4. The Morgan fingerprint density at radius 3 is 2.28 bits per heavy atom. The standard InChI is InChI=1S/C27H32N4O7S/c1-16-9-7-10-17(2)23(16)21-14-22(37-18(3)15-28-26(34)38-27(4,5)6)30-25(29-21)31-39(35,36)20-12-8-11-19(13-20)24(32)33/h7-14,18H,15H2,1-6H3,(H,28,34)(H,32,33)(H,29,30,31)/t18-/m0/s1. The highest BCUT2D eigenvalue weighted by Gasteiger charge is 2.21. The number of nitrogens with zero attached hydrogens (tertiary/aromatic N) is 2. The molecule has 1 aromatic heterocycles. The number of carbonyl (C=O) groups excluding carboxylic acids is 1. The molecule has 3 rings (SSSR count). The number of carboxylic acids is 1. The van der Waals surface area contributed by atoms with Crippen LogP contribution in [0.5, 0.6) is 5.88 Å². The summed E-state index contributed by atoms with van der Waals surface area (Å²) in [7, 11) is -4.24. The Kier molecular flexibility index (Phi) is 8.80. The van der Waals surface area contributed by atoms with Crippen molar-refractivity contribution in [2.24, 2.45) is 0 Å². The number of benzene rings is 2. The van der Waals surface area contributed by atoms with Gasteiger partial charge in [-0.3, -0.25) is 0 Å². The summed E-state index contributed by atoms with van der Waals surface area (Å²) in [5.41, 5.74) is 2.16. The molecular weight excluding hydrogens is 524 g/mol. The molecule has 1 heterocycles. The second kappa shape index (κ2) is 11.7. The first-order chi connectivity index (χ1) is 18.1. The lowest BCUT2D eigenvalue weighted by atomic mass is 10.00. The van der Waals surface area contributed by atoms with Crippen molar-refractivity contribution in [3.63, 3.8) is 0 Å². The quantitative estimate of drug-likeness (QED) is 0.344. The van der Waals surface area contributed by atoms with Crippen molar-refractivity contribution in [2.75, 3.05) is 11.3 Å². The van der Waals surface area contributed by atoms with E-state index in [0.717, 1.165) is 22.8 Å². The predicted molar refractivity (Wildman–Crippen MR) is 145 cm³/mol. The maximum Gasteiger partial charge on any atom is 0.407 e. The van der Waals surface area contributed by atoms with Gasteiger partial charge in [-0.25, -0.2) is 27.7 Å². The van der Waals surface area contributed by atoms with E-state index in [0.29, 0.717) is 5.69 Å². The third kappa shape index (κ3) is 8.14. The van der Waals surface area contributed by atoms with Gasteiger partial charge in [0, 0.05) is 11.6 Å². The second-order valence-electron chi connectivity index (χ2n) is 9.93. The van der Waals surface area contributed by atoms with Crippen LogP contribution >= 0.6 is 0 Å². The topological polar surface area (TPSA) is 157 Å². The van der Waals surface area contributed by atoms with E-state index in [-0.39, 0.29) is 28.8 Å². The number of carboxylic acid groups (broad SMARTS) is 1. The molecule has 0 saturated heterocycles. The number of carbonyl (C=O) groups is 2. The number of hydrogen-bond acceptors (Lipinski definition) is 8. The van der Waals surface area contributed by atoms with Crippen LogP contribution in [-0.4, -0.2) is 53.8 Å². The molecule has 208 valence electrons. The van der Waals surface area contributed by atoms with Gasteiger partial charge in [0.15, 0.2) is 0 Å². The van der Waals surface area contributed by atoms with Crippen LogP contribution in [0, 0.1) is 13.8 Å². The highest BCUT2D eigenvalue weighted by Crippen LogP contribution is 2.29. The van der Waals surface area contributed by atoms with Crippen LogP contribution in [0.4, 0.5) is 10.7 Å². The lowest BCUT2D eigenvalue weighted by Crippen LogP contribution is -2.37. The number of amides is 1. The van der Waals surface area contributed by atoms with Gasteiger partial charge in [-0.15, -0.1) is 0 Å². The van der Waals surface area contributed by atoms with Gasteiger partial charge in [0.2, 0.25) is 11.8 Å². The second-order valence-corrected chi connectivity index (χ2v) is 11.6. The molecule has 0 spiro atoms. The normalized spacial score (nSPS) is 12.4. The molecule has 3 N–H and O–H groups in total. The van der Waals surface area contributed by atoms with E-state index in [1.165, 1.54) is 18.2 Å². The highest BCUT2D eigenvalue weighted by atomic mass is 32.2. The molecule has 0 aliphatic carbocycles. The maximum absolute atomic E-state index is 13.1. The predicted octanol–water partition coefficient (Wildman–Crippen LogP) is 4.55. The lowest BCUT2D eigenvalue weighted by molar-refractivity contribution is 0.0503. The van der Waals surface area contributed by atoms with Crippen LogP contribution < -0.4 is 14.8 Å². The molecule has 11 nitrogen and oxygen atoms in total. The Bertz CT molecular complexity index is 1460. The smallest absolute Gasteiger partial charge is 0.407 e. The monoisotopic (exact) mass is 556 g/mol. The minimum Gasteiger partial charge on any atom is -0.478 e. The highest BCUT2D eigenvalue weighted by molar-refractivity contribution is 7.92. The first-order valence-corrected chi connectivity index (χ1v) is 13.6. The zero-order valence-electron chi connectivity index (χ0n) is 22.6. The van der Waals surface area contributed by atoms with Crippen molar-refractivity contribution in [2.45, 2.75) is 58.1 Å². The van der Waals surface area contributed by atoms with Gasteiger partial charge in [0.25, 0.3) is 10.0 Å². The first-order valence-electron chi connectivity index (χ1n) is 12.1. The number of aryl methyl sites for hydroxylation is 2. The molecule has 1 atom stereocenters. The molecule has 0 radical (unpaired) electrons. The largest absolute Gasteiger partial charge is 0.478 e. The van der Waals surface area contributed by atoms with Crippen LogP contribution in [0.3, 0.4) is 0 Å². The lowest BCUT2D eigenvalue weighted by Gasteiger charge is -2.21. The van der Waals surface area contributed by atoms with E-state index in [2.05, 4.69) is 20.0 Å². The van der Waals surface area contributed by atoms with Crippen LogP contribution in [-0.2, 0) is 14.8 Å². The Morgan fingerprint density at radius 1 is 1.03 bits per heavy atom. The van der Waals surface area contributed by atoms with Crippen molar-refractivity contribution in [1.29, 1.82) is 0 Å². The van der Waals surface area contributed by atoms with E-state index in [4.69, 9.17) is 9.47 Å². The van der Waals surface area contributed by atoms with Gasteiger partial charge in [-0.1, -0.05) is 24.3 Å². The number of anilines is 1. The van der Waals surface area contributed by atoms with Crippen LogP contribution in [0.25, 0.3) is 11.3 Å². The third-order valence-corrected chi connectivity index (χ3v) is 6.64. The fourth-order valence-corrected chi connectivity index (χ4v) is 4.63. The number of hydrogen-bond donors (Lipinski definition) is 3. The van der Waals surface area contributed by atoms with E-state index in [1.807, 2.05) is 32.0 Å². The zero-order valence-corrected chi connectivity index (χ0v) is 23.4. The molecule has 0 aliphatic rings. The molecule has 0 bridgehead atoms. The number of alkyl carbamates (subject to hydrolysis) is 1. The van der Waals surface area contributed by atoms with Gasteiger partial charge in [0.1, 0.15) is 11.7 Å². The molecular formula is C27H32N4O7S. The minimum atomic E-state index is -4.24. The van der Waals surface area contributed by atoms with E-state index in [9.17, 15) is 23.1 Å². The maximum atomic E-state index is 13.1. The molecule has 3 aromatic rings. The van der Waals surface area contributed by atoms with Gasteiger partial charge < -0.3 is 19.9 Å². The molecule has 0 unspecified atom stereocenters. The SMILES string of the molecule is Cc1cccc(C)c1-c1cc(O[C@@H](C)CNC(=O)OC(C)(C)C)nc(NS(=O)(=O)c2cccc(C(=O)O)c2)n1. The summed E-state index contributed by atoms with van der Waals surface area (Å²) < 4.78 is 39.7. The summed E-state index contributed by atoms with van der Waals surface area (Å²) in [6, 6.07) is 12.2. The van der Waals surface area contributed by atoms with Gasteiger partial charge in [-0.05, 0) is 70.9 Å². The molecule has 0 aliphatic heterocycles. The van der Waals surface area contributed by atoms with Gasteiger partial charge >= 0.3 is 12.1 Å². The number of aromatic carboxylic acids is 1. The van der Waals surface area contributed by atoms with Crippen molar-refractivity contribution in [1.82, 2.24) is 15.3 Å². The number of sulfonamides is 1. The molecule has 2 aromatic carbocycles. The van der Waals surface area contributed by atoms with E-state index >= 15 is 0 Å². The van der Waals surface area contributed by atoms with Crippen molar-refractivity contribution in [3.05, 3.63) is 65.2 Å². The summed E-state index contributed by atoms with van der Waals surface area (Å²) in [5.74, 6) is -1.46. The summed E-state index contributed by atoms with van der Waals surface area (Å²) in [6.07, 6.45) is -1.16. The Labute approximate surface area is 227 Å². The fraction of sp³-hybridized carbons (Fsp3) is 0.333. The summed E-state index contributed by atoms with van der Waals surface area (Å²) >= 11 is 0. The minimum absolute atomic E-state index is 0.0677. The van der Waals surface area contributed by atoms with Gasteiger partial charge in [0.05, 0.1) is 22.7 Å². The third-order valence-electron chi connectivity index (χ3n) is 5.31. The Balaban J connectivity index is 1.94. The van der Waals surface area contributed by atoms with Crippen LogP contribution in [0.15, 0.2) is 53.4 Å². The summed E-state index contributed by atoms with van der Waals surface area (Å²) in [4.78, 5) is 31.7. The van der Waals surface area contributed by atoms with E-state index < -0.39 is 33.8 Å². The average molecular weight is 557 g/mol. The van der Waals surface area contributed by atoms with Crippen molar-refractivity contribution >= 4 is 28.0 Å². The van der Waals surface area contributed by atoms with Gasteiger partial charge in [-0.2, -0.15) is 4.98 Å². The average Bonchev–Trinajstić information content (AvgIpc) is 2.81. The van der Waals surface area contributed by atoms with E-state index in [1.54, 1.807) is 33.8 Å². The van der Waals surface area contributed by atoms with Crippen molar-refractivity contribution in [3.8, 4) is 17.1 Å². The number of aromatic nitrogens is 2. The molecule has 12 heteroatoms. The molecule has 0 fully saturated rings. The molecule has 0 saturated carbocycles. The molecule has 1 amide bonds. The van der Waals surface area contributed by atoms with Crippen LogP contribution in [0.2, 0.25) is 0 Å². The summed E-state index contributed by atoms with van der Waals surface area (Å²) in [6.45, 7) is 10.9.